The fourth-order valence-electron chi connectivity index (χ4n) is 16.0. The molecule has 10 aliphatic rings. The predicted molar refractivity (Wildman–Crippen MR) is 391 cm³/mol. The first-order valence-corrected chi connectivity index (χ1v) is 36.7. The first-order chi connectivity index (χ1) is 52.5. The lowest BCUT2D eigenvalue weighted by molar-refractivity contribution is -0.270. The molecule has 3 unspecified atom stereocenters. The van der Waals surface area contributed by atoms with Crippen molar-refractivity contribution in [2.45, 2.75) is 150 Å². The summed E-state index contributed by atoms with van der Waals surface area (Å²) in [6.07, 6.45) is -10.1. The van der Waals surface area contributed by atoms with E-state index in [-0.39, 0.29) is 90.8 Å². The first-order valence-electron chi connectivity index (χ1n) is 35.9. The summed E-state index contributed by atoms with van der Waals surface area (Å²) in [5, 5.41) is 120. The number of aliphatic hydroxyl groups is 5. The van der Waals surface area contributed by atoms with E-state index in [2.05, 4.69) is 53.2 Å². The number of phenols is 3. The number of ether oxygens (including phenoxy) is 4. The number of aromatic hydroxyl groups is 3. The van der Waals surface area contributed by atoms with Crippen LogP contribution in [0.3, 0.4) is 0 Å². The molecule has 0 spiro atoms. The Morgan fingerprint density at radius 1 is 0.618 bits per heavy atom. The highest BCUT2D eigenvalue weighted by atomic mass is 35.5. The predicted octanol–water partition coefficient (Wildman–Crippen LogP) is 3.55. The molecule has 110 heavy (non-hydrogen) atoms. The van der Waals surface area contributed by atoms with E-state index in [1.165, 1.54) is 43.4 Å². The van der Waals surface area contributed by atoms with Crippen LogP contribution in [0.5, 0.6) is 46.0 Å². The topological polar surface area (TPSA) is 499 Å². The number of urea groups is 1. The molecule has 10 amide bonds. The number of likely N-dealkylation sites (N-methyl/N-ethyl adjacent to an activating group) is 1. The van der Waals surface area contributed by atoms with E-state index in [1.54, 1.807) is 18.2 Å². The number of phenolic OH excluding ortho intramolecular Hbond substituents is 3. The number of nitrogens with two attached hydrogens (primary N) is 1. The third kappa shape index (κ3) is 16.3. The molecule has 32 nitrogen and oxygen atoms in total. The van der Waals surface area contributed by atoms with Gasteiger partial charge in [0.2, 0.25) is 59.3 Å². The number of rotatable bonds is 13. The number of imide groups is 1. The normalized spacial score (nSPS) is 28.6. The Bertz CT molecular complexity index is 4590. The second-order valence-corrected chi connectivity index (χ2v) is 30.1. The standard InChI is InChI=1S/C76H83Cl2N11O21/c1-30(2)15-45(80-3)68(99)88-60-62(94)34-10-13-49(43(77)22-34)107-51-24-38-25-52(67(51)110-75-66(98)65(97)64(96)53(29-79)109-75)108-50-14-11-35(23-44(50)78)63(95)61-74(105)87-59(72(103)84-56-36-17-31-16-32(19-36)20-37(56)18-31)42-26-40(90)27-48(92)55(42)41-21-33(9-12-47(41)91)57(70(101)89-61)86-71(102)58(38)85-69(100)46(82-73(60)104)28-54(93)83-76(106)81-39-7-5-4-6-8-39/h4-14,21-27,30-32,36-37,45-46,53,56-66,75,80,90-92,94-98H,15-20,28-29,79H2,1-3H3,(H,82,104)(H,84,103)(H,85,100)(H,86,102)(H,87,105)(H,88,99)(H,89,101)(H2,81,83,93,106)/t31?,32?,36?,37?,45-,46?,53-,56?,57-,58?,59-,60?,61+,62-,63-,64-,65+,66-,75-/m1/s1. The van der Waals surface area contributed by atoms with E-state index in [9.17, 15) is 55.2 Å². The number of benzene rings is 6. The lowest BCUT2D eigenvalue weighted by Gasteiger charge is -2.54. The molecule has 20 N–H and O–H groups in total. The van der Waals surface area contributed by atoms with Crippen molar-refractivity contribution in [1.29, 1.82) is 0 Å². The number of anilines is 1. The summed E-state index contributed by atoms with van der Waals surface area (Å²) in [7, 11) is 1.48. The summed E-state index contributed by atoms with van der Waals surface area (Å²) >= 11 is 14.2. The van der Waals surface area contributed by atoms with E-state index in [1.807, 2.05) is 13.8 Å². The van der Waals surface area contributed by atoms with Crippen molar-refractivity contribution in [3.8, 4) is 57.1 Å². The fourth-order valence-corrected chi connectivity index (χ4v) is 16.5. The van der Waals surface area contributed by atoms with Crippen LogP contribution >= 0.6 is 23.2 Å². The molecule has 582 valence electrons. The van der Waals surface area contributed by atoms with Gasteiger partial charge in [0.05, 0.1) is 22.5 Å². The molecule has 15 bridgehead atoms. The van der Waals surface area contributed by atoms with Crippen LogP contribution in [0.1, 0.15) is 117 Å². The number of hydrogen-bond acceptors (Lipinski definition) is 23. The Kier molecular flexibility index (Phi) is 22.8. The summed E-state index contributed by atoms with van der Waals surface area (Å²) in [5.41, 5.74) is 4.08. The SMILES string of the molecule is CN[C@H](CC(C)C)C(=O)NC1C(=O)NC(CC(=O)NC(=O)Nc2ccccc2)C(=O)NC2C(=O)N[C@H]3C(=O)N[C@H](C(=O)N[C@@H](C(=O)NC4C5CC6CC(C5)CC4C6)c4cc(O)cc(O)c4-c4cc3ccc4O)[C@H](O)c3ccc(c(Cl)c3)Oc3cc2cc(c3O[C@H]2O[C@H](CN)[C@@H](O)[C@H](O)[C@H]2O)Oc2ccc(cc2Cl)[C@H]1O. The Morgan fingerprint density at radius 2 is 1.23 bits per heavy atom. The molecule has 6 aromatic carbocycles. The number of hydrogen-bond donors (Lipinski definition) is 19. The molecule has 6 aliphatic heterocycles. The van der Waals surface area contributed by atoms with Crippen molar-refractivity contribution in [2.75, 3.05) is 18.9 Å². The Labute approximate surface area is 638 Å². The maximum atomic E-state index is 16.3. The van der Waals surface area contributed by atoms with E-state index >= 15 is 28.8 Å². The minimum atomic E-state index is -2.36. The number of aliphatic hydroxyl groups excluding tert-OH is 5. The van der Waals surface area contributed by atoms with Crippen molar-refractivity contribution in [1.82, 2.24) is 47.9 Å². The number of carbonyl (C=O) groups is 9. The van der Waals surface area contributed by atoms with Crippen LogP contribution in [-0.4, -0.2) is 169 Å². The molecular weight excluding hydrogens is 1470 g/mol. The van der Waals surface area contributed by atoms with E-state index in [0.29, 0.717) is 11.8 Å². The average Bonchev–Trinajstić information content (AvgIpc) is 0.756. The summed E-state index contributed by atoms with van der Waals surface area (Å²) in [6.45, 7) is 3.19. The monoisotopic (exact) mass is 1560 g/mol. The first kappa shape index (κ1) is 77.8. The highest BCUT2D eigenvalue weighted by Crippen LogP contribution is 2.55. The van der Waals surface area contributed by atoms with Crippen LogP contribution in [-0.2, 0) is 43.1 Å². The van der Waals surface area contributed by atoms with Gasteiger partial charge in [-0.05, 0) is 170 Å². The van der Waals surface area contributed by atoms with Crippen molar-refractivity contribution < 1.29 is 103 Å². The molecule has 16 rings (SSSR count). The van der Waals surface area contributed by atoms with Crippen LogP contribution in [0, 0.1) is 29.6 Å². The molecule has 6 heterocycles. The maximum absolute atomic E-state index is 16.3. The molecule has 6 aromatic rings. The van der Waals surface area contributed by atoms with Crippen molar-refractivity contribution in [3.63, 3.8) is 0 Å². The number of para-hydroxylation sites is 1. The molecule has 4 saturated carbocycles. The lowest BCUT2D eigenvalue weighted by atomic mass is 9.54. The van der Waals surface area contributed by atoms with E-state index in [0.717, 1.165) is 86.7 Å². The Hall–Kier alpha value is -10.4. The van der Waals surface area contributed by atoms with E-state index < -0.39 is 192 Å². The Balaban J connectivity index is 1.00. The van der Waals surface area contributed by atoms with Crippen LogP contribution in [0.4, 0.5) is 10.5 Å². The van der Waals surface area contributed by atoms with Gasteiger partial charge in [0.25, 0.3) is 0 Å². The van der Waals surface area contributed by atoms with Gasteiger partial charge in [-0.25, -0.2) is 4.79 Å². The number of carbonyl (C=O) groups excluding carboxylic acids is 9. The van der Waals surface area contributed by atoms with Gasteiger partial charge < -0.3 is 113 Å². The van der Waals surface area contributed by atoms with E-state index in [4.69, 9.17) is 47.9 Å². The summed E-state index contributed by atoms with van der Waals surface area (Å²) in [4.78, 5) is 136. The molecule has 14 atom stereocenters. The van der Waals surface area contributed by atoms with Crippen molar-refractivity contribution >= 4 is 82.2 Å². The minimum absolute atomic E-state index is 0.0743. The zero-order chi connectivity index (χ0) is 78.4. The summed E-state index contributed by atoms with van der Waals surface area (Å²) < 4.78 is 25.6. The summed E-state index contributed by atoms with van der Waals surface area (Å²) in [5.74, 6) is -13.2. The zero-order valence-electron chi connectivity index (χ0n) is 59.3. The molecule has 0 aromatic heterocycles. The van der Waals surface area contributed by atoms with Crippen LogP contribution < -0.4 is 73.1 Å². The number of fused-ring (bicyclic) bond motifs is 15. The van der Waals surface area contributed by atoms with Gasteiger partial charge >= 0.3 is 6.03 Å². The molecule has 0 radical (unpaired) electrons. The third-order valence-corrected chi connectivity index (χ3v) is 21.9. The average molecular weight is 1560 g/mol. The van der Waals surface area contributed by atoms with Gasteiger partial charge in [-0.2, -0.15) is 0 Å². The van der Waals surface area contributed by atoms with Crippen LogP contribution in [0.2, 0.25) is 10.0 Å². The van der Waals surface area contributed by atoms with Gasteiger partial charge in [0.15, 0.2) is 11.5 Å². The molecule has 4 aliphatic carbocycles. The Morgan fingerprint density at radius 3 is 1.85 bits per heavy atom. The quantitative estimate of drug-likeness (QED) is 0.0786. The van der Waals surface area contributed by atoms with Gasteiger partial charge in [0.1, 0.15) is 102 Å². The third-order valence-electron chi connectivity index (χ3n) is 21.3. The molecule has 34 heteroatoms. The number of nitrogens with one attached hydrogen (secondary N) is 10. The van der Waals surface area contributed by atoms with Gasteiger partial charge in [-0.1, -0.05) is 73.4 Å². The van der Waals surface area contributed by atoms with Gasteiger partial charge in [-0.15, -0.1) is 0 Å². The minimum Gasteiger partial charge on any atom is -0.508 e. The van der Waals surface area contributed by atoms with Gasteiger partial charge in [-0.3, -0.25) is 43.7 Å². The van der Waals surface area contributed by atoms with Crippen molar-refractivity contribution in [3.05, 3.63) is 147 Å². The number of amides is 10. The van der Waals surface area contributed by atoms with Crippen molar-refractivity contribution in [2.24, 2.45) is 35.3 Å². The largest absolute Gasteiger partial charge is 0.508 e. The highest BCUT2D eigenvalue weighted by molar-refractivity contribution is 6.32. The fraction of sp³-hybridized carbons (Fsp3) is 0.408. The molecule has 5 fully saturated rings. The second-order valence-electron chi connectivity index (χ2n) is 29.3. The molecule has 1 saturated heterocycles. The lowest BCUT2D eigenvalue weighted by Crippen LogP contribution is -2.60. The van der Waals surface area contributed by atoms with Crippen LogP contribution in [0.25, 0.3) is 11.1 Å². The highest BCUT2D eigenvalue weighted by Gasteiger charge is 2.51. The second kappa shape index (κ2) is 32.3. The van der Waals surface area contributed by atoms with Crippen LogP contribution in [0.15, 0.2) is 109 Å². The smallest absolute Gasteiger partial charge is 0.325 e. The molecular formula is C76H83Cl2N11O21. The maximum Gasteiger partial charge on any atom is 0.325 e. The zero-order valence-corrected chi connectivity index (χ0v) is 60.8. The van der Waals surface area contributed by atoms with Gasteiger partial charge in [0, 0.05) is 35.5 Å². The summed E-state index contributed by atoms with van der Waals surface area (Å²) in [6, 6.07) is 6.88. The number of halogens is 2.